The van der Waals surface area contributed by atoms with Crippen LogP contribution in [-0.4, -0.2) is 12.5 Å². The molecule has 0 aliphatic carbocycles. The number of hydrogen-bond acceptors (Lipinski definition) is 1. The summed E-state index contributed by atoms with van der Waals surface area (Å²) in [6, 6.07) is 0. The van der Waals surface area contributed by atoms with Crippen LogP contribution in [0.4, 0.5) is 0 Å². The van der Waals surface area contributed by atoms with E-state index in [4.69, 9.17) is 0 Å². The Bertz CT molecular complexity index is 255. The zero-order valence-corrected chi connectivity index (χ0v) is 13.7. The lowest BCUT2D eigenvalue weighted by atomic mass is 10.1. The first-order valence-electron chi connectivity index (χ1n) is 7.20. The van der Waals surface area contributed by atoms with Crippen molar-refractivity contribution in [2.75, 3.05) is 6.54 Å². The highest BCUT2D eigenvalue weighted by atomic mass is 127. The molecular formula is C15H26INO. The topological polar surface area (TPSA) is 29.1 Å². The van der Waals surface area contributed by atoms with Crippen LogP contribution in [0, 0.1) is 9.85 Å². The second-order valence-corrected chi connectivity index (χ2v) is 5.20. The molecule has 0 atom stereocenters. The van der Waals surface area contributed by atoms with E-state index in [9.17, 15) is 4.79 Å². The maximum absolute atomic E-state index is 11.0. The quantitative estimate of drug-likeness (QED) is 0.329. The Balaban J connectivity index is 3.07. The lowest BCUT2D eigenvalue weighted by molar-refractivity contribution is -0.115. The summed E-state index contributed by atoms with van der Waals surface area (Å²) < 4.78 is 2.57. The van der Waals surface area contributed by atoms with Crippen molar-refractivity contribution in [2.24, 2.45) is 0 Å². The fourth-order valence-corrected chi connectivity index (χ4v) is 2.15. The number of rotatable bonds is 11. The molecular weight excluding hydrogens is 337 g/mol. The summed E-state index contributed by atoms with van der Waals surface area (Å²) in [5.41, 5.74) is 0. The van der Waals surface area contributed by atoms with Crippen molar-refractivity contribution >= 4 is 28.5 Å². The van der Waals surface area contributed by atoms with E-state index in [2.05, 4.69) is 22.1 Å². The normalized spacial score (nSPS) is 9.67. The third-order valence-electron chi connectivity index (χ3n) is 2.98. The molecule has 104 valence electrons. The number of hydrogen-bond donors (Lipinski definition) is 1. The fourth-order valence-electron chi connectivity index (χ4n) is 1.90. The summed E-state index contributed by atoms with van der Waals surface area (Å²) in [7, 11) is 0. The summed E-state index contributed by atoms with van der Waals surface area (Å²) in [6.45, 7) is 3.02. The number of carbonyl (C=O) groups is 1. The van der Waals surface area contributed by atoms with Gasteiger partial charge in [-0.05, 0) is 10.3 Å². The van der Waals surface area contributed by atoms with E-state index in [0.717, 1.165) is 13.0 Å². The second-order valence-electron chi connectivity index (χ2n) is 4.66. The number of unbranched alkanes of at least 4 members (excludes halogenated alkanes) is 9. The van der Waals surface area contributed by atoms with E-state index in [0.29, 0.717) is 0 Å². The minimum Gasteiger partial charge on any atom is -0.345 e. The third kappa shape index (κ3) is 13.8. The van der Waals surface area contributed by atoms with Gasteiger partial charge in [0.1, 0.15) is 0 Å². The molecule has 0 aliphatic heterocycles. The van der Waals surface area contributed by atoms with Gasteiger partial charge >= 0.3 is 0 Å². The maximum atomic E-state index is 11.0. The molecule has 0 rings (SSSR count). The first-order valence-corrected chi connectivity index (χ1v) is 8.28. The Morgan fingerprint density at radius 1 is 0.944 bits per heavy atom. The highest BCUT2D eigenvalue weighted by Gasteiger charge is 1.95. The maximum Gasteiger partial charge on any atom is 0.296 e. The summed E-state index contributed by atoms with van der Waals surface area (Å²) in [5.74, 6) is 2.32. The van der Waals surface area contributed by atoms with Crippen LogP contribution in [0.1, 0.15) is 71.1 Å². The summed E-state index contributed by atoms with van der Waals surface area (Å²) >= 11 is 1.88. The molecule has 18 heavy (non-hydrogen) atoms. The van der Waals surface area contributed by atoms with E-state index in [1.54, 1.807) is 0 Å². The molecule has 0 bridgehead atoms. The molecule has 0 saturated heterocycles. The van der Waals surface area contributed by atoms with Crippen LogP contribution in [0.15, 0.2) is 0 Å². The van der Waals surface area contributed by atoms with Crippen molar-refractivity contribution in [1.82, 2.24) is 5.32 Å². The number of nitrogens with one attached hydrogen (secondary N) is 1. The zero-order valence-electron chi connectivity index (χ0n) is 11.6. The van der Waals surface area contributed by atoms with Gasteiger partial charge in [-0.25, -0.2) is 0 Å². The van der Waals surface area contributed by atoms with Crippen LogP contribution in [0.25, 0.3) is 0 Å². The van der Waals surface area contributed by atoms with Gasteiger partial charge in [0.25, 0.3) is 5.91 Å². The van der Waals surface area contributed by atoms with Crippen molar-refractivity contribution < 1.29 is 4.79 Å². The average Bonchev–Trinajstić information content (AvgIpc) is 2.36. The van der Waals surface area contributed by atoms with Gasteiger partial charge in [-0.1, -0.05) is 64.7 Å². The fraction of sp³-hybridized carbons (Fsp3) is 0.800. The van der Waals surface area contributed by atoms with Crippen LogP contribution < -0.4 is 5.32 Å². The van der Waals surface area contributed by atoms with Crippen molar-refractivity contribution in [3.05, 3.63) is 0 Å². The molecule has 0 aromatic carbocycles. The van der Waals surface area contributed by atoms with E-state index in [1.165, 1.54) is 57.8 Å². The van der Waals surface area contributed by atoms with Crippen LogP contribution in [0.3, 0.4) is 0 Å². The summed E-state index contributed by atoms with van der Waals surface area (Å²) in [6.07, 6.45) is 13.2. The standard InChI is InChI=1S/C15H26INO/c1-2-3-4-5-6-7-8-9-10-11-14-17-15(18)12-13-16/h2-11,14H2,1H3,(H,17,18). The molecule has 1 amide bonds. The lowest BCUT2D eigenvalue weighted by Gasteiger charge is -2.02. The molecule has 0 unspecified atom stereocenters. The predicted molar refractivity (Wildman–Crippen MR) is 86.6 cm³/mol. The van der Waals surface area contributed by atoms with Gasteiger partial charge in [0.15, 0.2) is 0 Å². The number of halogens is 1. The van der Waals surface area contributed by atoms with E-state index in [1.807, 2.05) is 22.6 Å². The molecule has 0 radical (unpaired) electrons. The van der Waals surface area contributed by atoms with Crippen LogP contribution >= 0.6 is 22.6 Å². The lowest BCUT2D eigenvalue weighted by Crippen LogP contribution is -2.22. The van der Waals surface area contributed by atoms with Gasteiger partial charge in [-0.3, -0.25) is 4.79 Å². The Morgan fingerprint density at radius 3 is 1.94 bits per heavy atom. The average molecular weight is 363 g/mol. The monoisotopic (exact) mass is 363 g/mol. The molecule has 0 aromatic heterocycles. The van der Waals surface area contributed by atoms with Crippen molar-refractivity contribution in [1.29, 1.82) is 0 Å². The smallest absolute Gasteiger partial charge is 0.296 e. The van der Waals surface area contributed by atoms with Gasteiger partial charge in [-0.15, -0.1) is 0 Å². The molecule has 0 aliphatic rings. The molecule has 1 N–H and O–H groups in total. The minimum absolute atomic E-state index is 0.152. The first kappa shape index (κ1) is 17.8. The SMILES string of the molecule is CCCCCCCCCCCCNC(=O)C#CI. The van der Waals surface area contributed by atoms with Crippen molar-refractivity contribution in [3.8, 4) is 9.85 Å². The van der Waals surface area contributed by atoms with Crippen LogP contribution in [-0.2, 0) is 4.79 Å². The van der Waals surface area contributed by atoms with E-state index in [-0.39, 0.29) is 5.91 Å². The van der Waals surface area contributed by atoms with Crippen LogP contribution in [0.5, 0.6) is 0 Å². The molecule has 3 heteroatoms. The van der Waals surface area contributed by atoms with Crippen LogP contribution in [0.2, 0.25) is 0 Å². The highest BCUT2D eigenvalue weighted by Crippen LogP contribution is 2.10. The molecule has 0 saturated carbocycles. The first-order chi connectivity index (χ1) is 8.81. The largest absolute Gasteiger partial charge is 0.345 e. The molecule has 0 aromatic rings. The predicted octanol–water partition coefficient (Wildman–Crippen LogP) is 4.42. The van der Waals surface area contributed by atoms with Gasteiger partial charge < -0.3 is 5.32 Å². The minimum atomic E-state index is -0.152. The summed E-state index contributed by atoms with van der Waals surface area (Å²) in [5, 5.41) is 2.79. The molecule has 0 heterocycles. The van der Waals surface area contributed by atoms with E-state index >= 15 is 0 Å². The van der Waals surface area contributed by atoms with Gasteiger partial charge in [-0.2, -0.15) is 0 Å². The Morgan fingerprint density at radius 2 is 1.44 bits per heavy atom. The Labute approximate surface area is 126 Å². The molecule has 0 fully saturated rings. The second kappa shape index (κ2) is 14.8. The summed E-state index contributed by atoms with van der Waals surface area (Å²) in [4.78, 5) is 11.0. The molecule has 2 nitrogen and oxygen atoms in total. The van der Waals surface area contributed by atoms with E-state index < -0.39 is 0 Å². The van der Waals surface area contributed by atoms with Gasteiger partial charge in [0.2, 0.25) is 0 Å². The number of carbonyl (C=O) groups excluding carboxylic acids is 1. The Kier molecular flexibility index (Phi) is 14.6. The third-order valence-corrected chi connectivity index (χ3v) is 3.25. The zero-order chi connectivity index (χ0) is 13.5. The van der Waals surface area contributed by atoms with Crippen molar-refractivity contribution in [2.45, 2.75) is 71.1 Å². The number of amides is 1. The Hall–Kier alpha value is -0.240. The van der Waals surface area contributed by atoms with Gasteiger partial charge in [0.05, 0.1) is 0 Å². The van der Waals surface area contributed by atoms with Gasteiger partial charge in [0, 0.05) is 35.1 Å². The van der Waals surface area contributed by atoms with Crippen molar-refractivity contribution in [3.63, 3.8) is 0 Å². The highest BCUT2D eigenvalue weighted by molar-refractivity contribution is 14.1. The molecule has 0 spiro atoms.